The average molecular weight is 314 g/mol. The maximum absolute atomic E-state index is 8.76. The molecule has 0 spiro atoms. The smallest absolute Gasteiger partial charge is 0.0721 e. The molecule has 0 bridgehead atoms. The molecule has 0 aromatic heterocycles. The highest BCUT2D eigenvalue weighted by atomic mass is 16.5. The van der Waals surface area contributed by atoms with Crippen LogP contribution in [0, 0.1) is 5.41 Å². The van der Waals surface area contributed by atoms with Crippen LogP contribution in [-0.4, -0.2) is 24.9 Å². The average Bonchev–Trinajstić information content (AvgIpc) is 2.58. The molecule has 1 heterocycles. The second-order valence-electron chi connectivity index (χ2n) is 5.97. The number of benzene rings is 2. The summed E-state index contributed by atoms with van der Waals surface area (Å²) in [7, 11) is 0. The van der Waals surface area contributed by atoms with Crippen molar-refractivity contribution < 1.29 is 14.6 Å². The molecule has 0 amide bonds. The molecule has 0 aliphatic carbocycles. The molecule has 3 rings (SSSR count). The van der Waals surface area contributed by atoms with Gasteiger partial charge in [0.25, 0.3) is 0 Å². The van der Waals surface area contributed by atoms with Gasteiger partial charge in [-0.25, -0.2) is 0 Å². The lowest BCUT2D eigenvalue weighted by atomic mass is 9.84. The third-order valence-corrected chi connectivity index (χ3v) is 4.13. The van der Waals surface area contributed by atoms with Gasteiger partial charge in [0.15, 0.2) is 0 Å². The highest BCUT2D eigenvalue weighted by Crippen LogP contribution is 2.29. The molecule has 23 heavy (non-hydrogen) atoms. The summed E-state index contributed by atoms with van der Waals surface area (Å²) in [6.45, 7) is 5.22. The normalized spacial score (nSPS) is 15.2. The summed E-state index contributed by atoms with van der Waals surface area (Å²) >= 11 is 0. The Labute approximate surface area is 138 Å². The van der Waals surface area contributed by atoms with Crippen LogP contribution >= 0.6 is 0 Å². The summed E-state index contributed by atoms with van der Waals surface area (Å²) in [5.41, 5.74) is 2.57. The molecule has 1 saturated heterocycles. The highest BCUT2D eigenvalue weighted by molar-refractivity contribution is 5.15. The van der Waals surface area contributed by atoms with E-state index in [1.54, 1.807) is 0 Å². The van der Waals surface area contributed by atoms with Gasteiger partial charge in [0.1, 0.15) is 0 Å². The van der Waals surface area contributed by atoms with E-state index in [0.29, 0.717) is 13.2 Å². The molecule has 2 aromatic rings. The first-order valence-electron chi connectivity index (χ1n) is 8.12. The number of rotatable bonds is 6. The Hall–Kier alpha value is -1.68. The molecule has 1 aliphatic rings. The third-order valence-electron chi connectivity index (χ3n) is 4.13. The van der Waals surface area contributed by atoms with Gasteiger partial charge in [0, 0.05) is 5.41 Å². The van der Waals surface area contributed by atoms with E-state index in [2.05, 4.69) is 31.2 Å². The second kappa shape index (κ2) is 9.46. The molecule has 0 unspecified atom stereocenters. The van der Waals surface area contributed by atoms with Crippen LogP contribution in [0.2, 0.25) is 0 Å². The van der Waals surface area contributed by atoms with Crippen LogP contribution in [0.1, 0.15) is 24.5 Å². The molecule has 3 heteroatoms. The topological polar surface area (TPSA) is 38.7 Å². The third kappa shape index (κ3) is 5.79. The van der Waals surface area contributed by atoms with Crippen molar-refractivity contribution in [3.05, 3.63) is 71.8 Å². The lowest BCUT2D eigenvalue weighted by molar-refractivity contribution is -0.138. The van der Waals surface area contributed by atoms with Crippen LogP contribution in [0.25, 0.3) is 0 Å². The van der Waals surface area contributed by atoms with Gasteiger partial charge in [-0.1, -0.05) is 67.6 Å². The first-order valence-corrected chi connectivity index (χ1v) is 8.12. The monoisotopic (exact) mass is 314 g/mol. The van der Waals surface area contributed by atoms with Crippen molar-refractivity contribution in [3.8, 4) is 0 Å². The molecule has 124 valence electrons. The van der Waals surface area contributed by atoms with E-state index in [1.807, 2.05) is 36.4 Å². The molecule has 3 nitrogen and oxygen atoms in total. The maximum Gasteiger partial charge on any atom is 0.0721 e. The van der Waals surface area contributed by atoms with Crippen LogP contribution in [0.3, 0.4) is 0 Å². The number of hydrogen-bond acceptors (Lipinski definition) is 3. The molecular weight excluding hydrogens is 288 g/mol. The highest BCUT2D eigenvalue weighted by Gasteiger charge is 2.35. The van der Waals surface area contributed by atoms with Gasteiger partial charge < -0.3 is 14.6 Å². The van der Waals surface area contributed by atoms with Crippen molar-refractivity contribution in [1.29, 1.82) is 0 Å². The van der Waals surface area contributed by atoms with Crippen molar-refractivity contribution in [1.82, 2.24) is 0 Å². The van der Waals surface area contributed by atoms with E-state index in [1.165, 1.54) is 11.1 Å². The van der Waals surface area contributed by atoms with Crippen molar-refractivity contribution in [2.24, 2.45) is 5.41 Å². The minimum atomic E-state index is 0.139. The van der Waals surface area contributed by atoms with E-state index >= 15 is 0 Å². The quantitative estimate of drug-likeness (QED) is 0.881. The fourth-order valence-electron chi connectivity index (χ4n) is 2.23. The Bertz CT molecular complexity index is 482. The molecule has 0 radical (unpaired) electrons. The van der Waals surface area contributed by atoms with Crippen LogP contribution in [0.4, 0.5) is 0 Å². The van der Waals surface area contributed by atoms with Gasteiger partial charge >= 0.3 is 0 Å². The standard InChI is InChI=1S/C14H14O.C6H12O2/c1-3-7-13(8-4-1)11-15-12-14-9-5-2-6-10-14;1-2-6(3-7)4-8-5-6/h1-10H,11-12H2;7H,2-5H2,1H3. The van der Waals surface area contributed by atoms with Crippen molar-refractivity contribution in [3.63, 3.8) is 0 Å². The fraction of sp³-hybridized carbons (Fsp3) is 0.400. The number of hydrogen-bond donors (Lipinski definition) is 1. The van der Waals surface area contributed by atoms with E-state index in [9.17, 15) is 0 Å². The van der Waals surface area contributed by atoms with E-state index in [-0.39, 0.29) is 12.0 Å². The van der Waals surface area contributed by atoms with Gasteiger partial charge in [-0.2, -0.15) is 0 Å². The van der Waals surface area contributed by atoms with Gasteiger partial charge in [-0.3, -0.25) is 0 Å². The Morgan fingerprint density at radius 3 is 1.65 bits per heavy atom. The molecule has 1 N–H and O–H groups in total. The lowest BCUT2D eigenvalue weighted by Gasteiger charge is -2.38. The lowest BCUT2D eigenvalue weighted by Crippen LogP contribution is -2.44. The Morgan fingerprint density at radius 1 is 0.913 bits per heavy atom. The minimum absolute atomic E-state index is 0.139. The molecule has 1 aliphatic heterocycles. The number of aliphatic hydroxyl groups is 1. The van der Waals surface area contributed by atoms with E-state index < -0.39 is 0 Å². The zero-order valence-electron chi connectivity index (χ0n) is 13.8. The Morgan fingerprint density at radius 2 is 1.39 bits per heavy atom. The van der Waals surface area contributed by atoms with E-state index in [0.717, 1.165) is 19.6 Å². The first-order chi connectivity index (χ1) is 11.3. The molecule has 0 atom stereocenters. The van der Waals surface area contributed by atoms with Crippen molar-refractivity contribution in [2.75, 3.05) is 19.8 Å². The molecule has 1 fully saturated rings. The number of aliphatic hydroxyl groups excluding tert-OH is 1. The van der Waals surface area contributed by atoms with Gasteiger partial charge in [0.2, 0.25) is 0 Å². The van der Waals surface area contributed by atoms with Crippen LogP contribution in [0.15, 0.2) is 60.7 Å². The Balaban J connectivity index is 0.000000203. The SMILES string of the molecule is CCC1(CO)COC1.c1ccc(COCc2ccccc2)cc1. The zero-order valence-corrected chi connectivity index (χ0v) is 13.8. The molecular formula is C20H26O3. The van der Waals surface area contributed by atoms with Crippen molar-refractivity contribution >= 4 is 0 Å². The summed E-state index contributed by atoms with van der Waals surface area (Å²) in [4.78, 5) is 0. The summed E-state index contributed by atoms with van der Waals surface area (Å²) in [5, 5.41) is 8.76. The number of ether oxygens (including phenoxy) is 2. The Kier molecular flexibility index (Phi) is 7.27. The van der Waals surface area contributed by atoms with Gasteiger partial charge in [0.05, 0.1) is 33.0 Å². The maximum atomic E-state index is 8.76. The summed E-state index contributed by atoms with van der Waals surface area (Å²) < 4.78 is 10.6. The van der Waals surface area contributed by atoms with Crippen LogP contribution in [0.5, 0.6) is 0 Å². The largest absolute Gasteiger partial charge is 0.396 e. The fourth-order valence-corrected chi connectivity index (χ4v) is 2.23. The summed E-state index contributed by atoms with van der Waals surface area (Å²) in [6.07, 6.45) is 1.03. The van der Waals surface area contributed by atoms with E-state index in [4.69, 9.17) is 14.6 Å². The summed E-state index contributed by atoms with van der Waals surface area (Å²) in [5.74, 6) is 0. The second-order valence-corrected chi connectivity index (χ2v) is 5.97. The predicted octanol–water partition coefficient (Wildman–Crippen LogP) is 3.81. The van der Waals surface area contributed by atoms with Crippen LogP contribution in [-0.2, 0) is 22.7 Å². The van der Waals surface area contributed by atoms with Crippen LogP contribution < -0.4 is 0 Å². The van der Waals surface area contributed by atoms with Gasteiger partial charge in [-0.05, 0) is 17.5 Å². The predicted molar refractivity (Wildman–Crippen MR) is 92.0 cm³/mol. The minimum Gasteiger partial charge on any atom is -0.396 e. The molecule has 0 saturated carbocycles. The first kappa shape index (κ1) is 17.7. The zero-order chi connectivity index (χ0) is 16.4. The summed E-state index contributed by atoms with van der Waals surface area (Å²) in [6, 6.07) is 20.4. The van der Waals surface area contributed by atoms with Crippen molar-refractivity contribution in [2.45, 2.75) is 26.6 Å². The molecule has 2 aromatic carbocycles. The van der Waals surface area contributed by atoms with Gasteiger partial charge in [-0.15, -0.1) is 0 Å².